The van der Waals surface area contributed by atoms with E-state index >= 15 is 0 Å². The quantitative estimate of drug-likeness (QED) is 0.437. The Labute approximate surface area is 164 Å². The molecule has 0 unspecified atom stereocenters. The van der Waals surface area contributed by atoms with Crippen LogP contribution in [0.4, 0.5) is 18.9 Å². The molecule has 1 aromatic carbocycles. The Hall–Kier alpha value is -2.91. The van der Waals surface area contributed by atoms with Crippen LogP contribution in [0.3, 0.4) is 0 Å². The summed E-state index contributed by atoms with van der Waals surface area (Å²) in [6.07, 6.45) is 1.34. The molecule has 2 atom stereocenters. The van der Waals surface area contributed by atoms with Crippen LogP contribution < -0.4 is 21.6 Å². The third-order valence-electron chi connectivity index (χ3n) is 5.89. The average molecular weight is 407 g/mol. The monoisotopic (exact) mass is 407 g/mol. The van der Waals surface area contributed by atoms with Crippen molar-refractivity contribution in [3.05, 3.63) is 34.0 Å². The van der Waals surface area contributed by atoms with E-state index < -0.39 is 23.2 Å². The zero-order chi connectivity index (χ0) is 20.8. The number of rotatable bonds is 2. The SMILES string of the molecule is C[NH+]=C(N=CN)[C@H]1c2n[nH]c(=O)c3cc(F)cc(c23)N[C@@H]1C1CCC(F)(F)CC1. The Morgan fingerprint density at radius 1 is 1.38 bits per heavy atom. The molecule has 1 aliphatic carbocycles. The molecule has 0 spiro atoms. The van der Waals surface area contributed by atoms with E-state index in [9.17, 15) is 18.0 Å². The minimum absolute atomic E-state index is 0.115. The summed E-state index contributed by atoms with van der Waals surface area (Å²) in [4.78, 5) is 19.4. The van der Waals surface area contributed by atoms with Gasteiger partial charge >= 0.3 is 5.84 Å². The topological polar surface area (TPSA) is 110 Å². The Kier molecular flexibility index (Phi) is 4.79. The number of amidine groups is 1. The van der Waals surface area contributed by atoms with Gasteiger partial charge in [0.1, 0.15) is 11.7 Å². The van der Waals surface area contributed by atoms with E-state index in [0.717, 1.165) is 12.4 Å². The molecule has 154 valence electrons. The lowest BCUT2D eigenvalue weighted by Crippen LogP contribution is -2.70. The van der Waals surface area contributed by atoms with Crippen LogP contribution in [0.1, 0.15) is 37.3 Å². The molecule has 1 aromatic heterocycles. The number of nitrogens with two attached hydrogens (primary N) is 1. The molecule has 0 radical (unpaired) electrons. The third kappa shape index (κ3) is 3.36. The first-order chi connectivity index (χ1) is 13.8. The number of nitrogens with zero attached hydrogens (tertiary/aromatic N) is 2. The highest BCUT2D eigenvalue weighted by Crippen LogP contribution is 2.45. The van der Waals surface area contributed by atoms with Gasteiger partial charge in [-0.15, -0.1) is 0 Å². The summed E-state index contributed by atoms with van der Waals surface area (Å²) in [5.41, 5.74) is 5.94. The van der Waals surface area contributed by atoms with E-state index in [-0.39, 0.29) is 30.2 Å². The molecule has 1 saturated carbocycles. The smallest absolute Gasteiger partial charge is 0.304 e. The standard InChI is InChI=1S/C19H21F3N6O/c1-24-17(25-8-23)14-15(9-2-4-19(21,22)5-3-9)26-12-7-10(20)6-11-13(12)16(14)27-28-18(11)29/h6-9,14-15,26H,2-5H2,1H3,(H,28,29)(H2,23,24,25)/p+1/t14-,15-/m1/s1. The van der Waals surface area contributed by atoms with E-state index in [0.29, 0.717) is 35.4 Å². The summed E-state index contributed by atoms with van der Waals surface area (Å²) in [5, 5.41) is 10.6. The fourth-order valence-corrected chi connectivity index (χ4v) is 4.55. The summed E-state index contributed by atoms with van der Waals surface area (Å²) in [7, 11) is 1.68. The second-order valence-electron chi connectivity index (χ2n) is 7.57. The van der Waals surface area contributed by atoms with Gasteiger partial charge in [-0.3, -0.25) is 9.79 Å². The third-order valence-corrected chi connectivity index (χ3v) is 5.89. The molecule has 2 heterocycles. The average Bonchev–Trinajstić information content (AvgIpc) is 2.68. The Morgan fingerprint density at radius 3 is 2.76 bits per heavy atom. The first-order valence-electron chi connectivity index (χ1n) is 9.49. The summed E-state index contributed by atoms with van der Waals surface area (Å²) in [6.45, 7) is 0. The van der Waals surface area contributed by atoms with Gasteiger partial charge in [-0.05, 0) is 35.9 Å². The highest BCUT2D eigenvalue weighted by Gasteiger charge is 2.46. The lowest BCUT2D eigenvalue weighted by Gasteiger charge is -2.39. The number of halogens is 3. The van der Waals surface area contributed by atoms with E-state index in [1.807, 2.05) is 0 Å². The number of H-pyrrole nitrogens is 1. The van der Waals surface area contributed by atoms with Crippen LogP contribution in [-0.2, 0) is 0 Å². The molecule has 1 fully saturated rings. The van der Waals surface area contributed by atoms with Crippen molar-refractivity contribution >= 4 is 28.6 Å². The van der Waals surface area contributed by atoms with Crippen molar-refractivity contribution in [1.82, 2.24) is 10.2 Å². The first-order valence-corrected chi connectivity index (χ1v) is 9.49. The zero-order valence-corrected chi connectivity index (χ0v) is 15.8. The highest BCUT2D eigenvalue weighted by atomic mass is 19.3. The van der Waals surface area contributed by atoms with Crippen molar-refractivity contribution in [2.45, 2.75) is 43.6 Å². The van der Waals surface area contributed by atoms with Gasteiger partial charge in [0.05, 0.1) is 18.1 Å². The molecule has 0 amide bonds. The number of benzene rings is 1. The molecule has 7 nitrogen and oxygen atoms in total. The molecule has 1 aliphatic heterocycles. The van der Waals surface area contributed by atoms with Crippen molar-refractivity contribution in [3.63, 3.8) is 0 Å². The Balaban J connectivity index is 1.88. The van der Waals surface area contributed by atoms with Gasteiger partial charge in [0.2, 0.25) is 12.3 Å². The van der Waals surface area contributed by atoms with E-state index in [2.05, 4.69) is 25.5 Å². The van der Waals surface area contributed by atoms with Gasteiger partial charge in [-0.1, -0.05) is 0 Å². The highest BCUT2D eigenvalue weighted by molar-refractivity contribution is 6.02. The number of hydrogen-bond acceptors (Lipinski definition) is 3. The van der Waals surface area contributed by atoms with Crippen LogP contribution in [0.15, 0.2) is 21.9 Å². The molecular formula is C19H22F3N6O+. The summed E-state index contributed by atoms with van der Waals surface area (Å²) in [5.74, 6) is -3.34. The van der Waals surface area contributed by atoms with Crippen LogP contribution in [0, 0.1) is 11.7 Å². The minimum atomic E-state index is -2.67. The summed E-state index contributed by atoms with van der Waals surface area (Å²) >= 11 is 0. The number of aliphatic imine (C=N–C) groups is 1. The predicted octanol–water partition coefficient (Wildman–Crippen LogP) is 0.861. The Bertz CT molecular complexity index is 1050. The van der Waals surface area contributed by atoms with Crippen molar-refractivity contribution in [2.75, 3.05) is 12.4 Å². The van der Waals surface area contributed by atoms with Crippen LogP contribution in [-0.4, -0.2) is 41.4 Å². The number of alkyl halides is 2. The van der Waals surface area contributed by atoms with Crippen molar-refractivity contribution in [2.24, 2.45) is 16.6 Å². The molecule has 10 heteroatoms. The molecule has 4 rings (SSSR count). The fourth-order valence-electron chi connectivity index (χ4n) is 4.55. The number of aromatic amines is 1. The van der Waals surface area contributed by atoms with Gasteiger partial charge in [-0.25, -0.2) is 18.3 Å². The van der Waals surface area contributed by atoms with Gasteiger partial charge in [0.25, 0.3) is 5.56 Å². The maximum absolute atomic E-state index is 14.2. The molecule has 0 saturated heterocycles. The van der Waals surface area contributed by atoms with E-state index in [1.165, 1.54) is 6.07 Å². The number of nitrogens with one attached hydrogen (secondary N) is 3. The molecule has 5 N–H and O–H groups in total. The number of anilines is 1. The predicted molar refractivity (Wildman–Crippen MR) is 104 cm³/mol. The van der Waals surface area contributed by atoms with Crippen molar-refractivity contribution < 1.29 is 18.2 Å². The van der Waals surface area contributed by atoms with Gasteiger partial charge < -0.3 is 11.1 Å². The van der Waals surface area contributed by atoms with Crippen molar-refractivity contribution in [1.29, 1.82) is 0 Å². The molecular weight excluding hydrogens is 385 g/mol. The second-order valence-corrected chi connectivity index (χ2v) is 7.57. The zero-order valence-electron chi connectivity index (χ0n) is 15.8. The lowest BCUT2D eigenvalue weighted by molar-refractivity contribution is -0.423. The molecule has 0 bridgehead atoms. The summed E-state index contributed by atoms with van der Waals surface area (Å²) < 4.78 is 41.6. The Morgan fingerprint density at radius 2 is 2.10 bits per heavy atom. The minimum Gasteiger partial charge on any atom is -0.380 e. The molecule has 29 heavy (non-hydrogen) atoms. The van der Waals surface area contributed by atoms with Crippen LogP contribution in [0.2, 0.25) is 0 Å². The van der Waals surface area contributed by atoms with Crippen LogP contribution in [0.25, 0.3) is 10.8 Å². The number of aromatic nitrogens is 2. The van der Waals surface area contributed by atoms with Crippen LogP contribution in [0.5, 0.6) is 0 Å². The second kappa shape index (κ2) is 7.16. The largest absolute Gasteiger partial charge is 0.380 e. The maximum atomic E-state index is 14.2. The summed E-state index contributed by atoms with van der Waals surface area (Å²) in [6, 6.07) is 2.10. The van der Waals surface area contributed by atoms with E-state index in [1.54, 1.807) is 7.05 Å². The van der Waals surface area contributed by atoms with Gasteiger partial charge in [-0.2, -0.15) is 5.10 Å². The van der Waals surface area contributed by atoms with Gasteiger partial charge in [0.15, 0.2) is 0 Å². The van der Waals surface area contributed by atoms with Crippen LogP contribution >= 0.6 is 0 Å². The number of hydrogen-bond donors (Lipinski definition) is 4. The fraction of sp³-hybridized carbons (Fsp3) is 0.474. The first kappa shape index (κ1) is 19.4. The lowest BCUT2D eigenvalue weighted by atomic mass is 9.74. The van der Waals surface area contributed by atoms with Crippen molar-refractivity contribution in [3.8, 4) is 0 Å². The normalized spacial score (nSPS) is 24.8. The van der Waals surface area contributed by atoms with Gasteiger partial charge in [0, 0.05) is 30.0 Å². The molecule has 2 aromatic rings. The maximum Gasteiger partial charge on any atom is 0.304 e. The molecule has 2 aliphatic rings. The van der Waals surface area contributed by atoms with E-state index in [4.69, 9.17) is 5.73 Å².